The third-order valence-corrected chi connectivity index (χ3v) is 18.4. The SMILES string of the molecule is [2H]c1c(N2c3c([2H])c([2H])c([2H])c([2H])c3C(C)(C)C2(C)C)cc2c(c1[2H])B1c3c(c([2H])c(N4c5c([2H])c([2H])c([2H])c([2H])c5C(C)(C)C4(C)C)c([2H])c3N2c2c(C)c([2H])c(C(C)(C)C)c([2H])c2C)N(c2c([2H])c([2H])c(C(C)(C)C)c([2H])c2[2H])c2cc3oc4c(c3c([2H])c21)CC(C)(C)C4. The van der Waals surface area contributed by atoms with Crippen molar-refractivity contribution in [3.05, 3.63) is 172 Å². The van der Waals surface area contributed by atoms with Crippen molar-refractivity contribution in [2.45, 2.75) is 170 Å². The first kappa shape index (κ1) is 32.9. The average molecular weight is 1030 g/mol. The van der Waals surface area contributed by atoms with Crippen molar-refractivity contribution in [2.75, 3.05) is 19.6 Å². The summed E-state index contributed by atoms with van der Waals surface area (Å²) < 4.78 is 198. The molecule has 0 amide bonds. The molecule has 0 spiro atoms. The molecular formula is C71H79BN4O. The highest BCUT2D eigenvalue weighted by molar-refractivity contribution is 7.00. The third-order valence-electron chi connectivity index (χ3n) is 18.4. The van der Waals surface area contributed by atoms with Crippen molar-refractivity contribution in [3.63, 3.8) is 0 Å². The Morgan fingerprint density at radius 2 is 1.03 bits per heavy atom. The molecule has 6 heteroatoms. The standard InChI is InChI=1S/C71H79BN4O/c1-42-33-45(66(6,7)8)34-43(2)64(42)74-57-35-47(75-55-25-21-19-23-51(55)68(11,12)70(75,15)16)31-32-53(57)72-54-38-49-50-40-67(9,10)41-62(50)77-61(49)39-58(54)73(46-29-27-44(28-30-46)65(3,4)5)59-36-48(37-60(74)63(59)72)76-56-26-22-20-24-52(56)69(13,14)71(76,17)18/h19-39H,40-41H2,1-18H3/i19D,20D,21D,22D,23D,24D,25D,26D,27D,28D,29D,30D,31D,32D,33D,34D,36D,37D,38D. The van der Waals surface area contributed by atoms with Crippen LogP contribution in [0.4, 0.5) is 56.9 Å². The van der Waals surface area contributed by atoms with E-state index in [1.54, 1.807) is 61.5 Å². The number of benzene rings is 7. The molecule has 392 valence electrons. The molecule has 0 saturated carbocycles. The number of anilines is 10. The number of hydrogen-bond acceptors (Lipinski definition) is 5. The molecule has 0 bridgehead atoms. The van der Waals surface area contributed by atoms with E-state index in [-0.39, 0.29) is 149 Å². The minimum atomic E-state index is -1.44. The normalized spacial score (nSPS) is 22.3. The summed E-state index contributed by atoms with van der Waals surface area (Å²) in [6, 6.07) is -3.91. The van der Waals surface area contributed by atoms with Gasteiger partial charge in [0.05, 0.1) is 31.7 Å². The molecule has 0 N–H and O–H groups in total. The maximum atomic E-state index is 11.4. The molecule has 0 radical (unpaired) electrons. The van der Waals surface area contributed by atoms with Gasteiger partial charge in [-0.15, -0.1) is 0 Å². The summed E-state index contributed by atoms with van der Waals surface area (Å²) in [7, 11) is 0. The van der Waals surface area contributed by atoms with Crippen LogP contribution >= 0.6 is 0 Å². The van der Waals surface area contributed by atoms with Gasteiger partial charge in [0.25, 0.3) is 6.71 Å². The molecule has 13 rings (SSSR count). The zero-order chi connectivity index (χ0) is 71.2. The molecule has 0 fully saturated rings. The molecule has 77 heavy (non-hydrogen) atoms. The van der Waals surface area contributed by atoms with Gasteiger partial charge in [0.2, 0.25) is 0 Å². The number of nitrogens with zero attached hydrogens (tertiary/aromatic N) is 4. The second-order valence-corrected chi connectivity index (χ2v) is 27.2. The fourth-order valence-corrected chi connectivity index (χ4v) is 12.9. The maximum absolute atomic E-state index is 11.4. The van der Waals surface area contributed by atoms with Gasteiger partial charge in [-0.3, -0.25) is 0 Å². The van der Waals surface area contributed by atoms with Crippen molar-refractivity contribution >= 4 is 90.9 Å². The average Bonchev–Trinajstić information content (AvgIpc) is 0.964. The van der Waals surface area contributed by atoms with E-state index in [1.165, 1.54) is 4.90 Å². The molecule has 1 aliphatic carbocycles. The van der Waals surface area contributed by atoms with Crippen LogP contribution in [0.15, 0.2) is 131 Å². The van der Waals surface area contributed by atoms with Crippen LogP contribution < -0.4 is 36.0 Å². The Hall–Kier alpha value is -6.66. The third kappa shape index (κ3) is 6.85. The highest BCUT2D eigenvalue weighted by atomic mass is 16.3. The zero-order valence-corrected chi connectivity index (χ0v) is 47.8. The lowest BCUT2D eigenvalue weighted by molar-refractivity contribution is 0.330. The van der Waals surface area contributed by atoms with Crippen LogP contribution in [-0.4, -0.2) is 17.8 Å². The van der Waals surface area contributed by atoms with Crippen LogP contribution in [0.5, 0.6) is 0 Å². The van der Waals surface area contributed by atoms with E-state index in [0.29, 0.717) is 40.7 Å². The van der Waals surface area contributed by atoms with E-state index in [1.807, 2.05) is 76.2 Å². The summed E-state index contributed by atoms with van der Waals surface area (Å²) in [6.07, 6.45) is 0.993. The summed E-state index contributed by atoms with van der Waals surface area (Å²) >= 11 is 0. The fourth-order valence-electron chi connectivity index (χ4n) is 12.9. The number of para-hydroxylation sites is 2. The van der Waals surface area contributed by atoms with E-state index in [9.17, 15) is 21.9 Å². The summed E-state index contributed by atoms with van der Waals surface area (Å²) in [5.74, 6) is 0.624. The Morgan fingerprint density at radius 3 is 1.60 bits per heavy atom. The largest absolute Gasteiger partial charge is 0.461 e. The lowest BCUT2D eigenvalue weighted by Gasteiger charge is -2.48. The Morgan fingerprint density at radius 1 is 0.506 bits per heavy atom. The van der Waals surface area contributed by atoms with Crippen LogP contribution in [0.25, 0.3) is 11.0 Å². The lowest BCUT2D eigenvalue weighted by Crippen LogP contribution is -2.61. The fraction of sp³-hybridized carbons (Fsp3) is 0.380. The van der Waals surface area contributed by atoms with E-state index in [2.05, 4.69) is 13.8 Å². The molecule has 5 nitrogen and oxygen atoms in total. The summed E-state index contributed by atoms with van der Waals surface area (Å²) in [5, 5.41) is 0.426. The molecule has 1 aromatic heterocycles. The van der Waals surface area contributed by atoms with E-state index in [0.717, 1.165) is 5.56 Å². The summed E-state index contributed by atoms with van der Waals surface area (Å²) in [5.41, 5.74) is -4.45. The monoisotopic (exact) mass is 1030 g/mol. The van der Waals surface area contributed by atoms with Crippen molar-refractivity contribution in [3.8, 4) is 0 Å². The topological polar surface area (TPSA) is 26.1 Å². The van der Waals surface area contributed by atoms with Crippen LogP contribution in [0.2, 0.25) is 0 Å². The highest BCUT2D eigenvalue weighted by Gasteiger charge is 2.54. The Labute approximate surface area is 487 Å². The molecule has 0 unspecified atom stereocenters. The summed E-state index contributed by atoms with van der Waals surface area (Å²) in [6.45, 7) is 32.0. The lowest BCUT2D eigenvalue weighted by atomic mass is 9.33. The minimum absolute atomic E-state index is 0.0148. The molecule has 7 aromatic carbocycles. The van der Waals surface area contributed by atoms with Gasteiger partial charge in [-0.05, 0) is 162 Å². The second-order valence-electron chi connectivity index (χ2n) is 27.2. The molecule has 0 atom stereocenters. The van der Waals surface area contributed by atoms with Gasteiger partial charge in [-0.2, -0.15) is 0 Å². The number of hydrogen-bond donors (Lipinski definition) is 0. The van der Waals surface area contributed by atoms with Crippen molar-refractivity contribution in [2.24, 2.45) is 5.41 Å². The van der Waals surface area contributed by atoms with Crippen LogP contribution in [0, 0.1) is 19.3 Å². The van der Waals surface area contributed by atoms with Crippen LogP contribution in [-0.2, 0) is 34.5 Å². The van der Waals surface area contributed by atoms with Crippen LogP contribution in [0.3, 0.4) is 0 Å². The molecular weight excluding hydrogens is 936 g/mol. The number of furan rings is 1. The van der Waals surface area contributed by atoms with Gasteiger partial charge in [0.1, 0.15) is 11.3 Å². The maximum Gasteiger partial charge on any atom is 0.252 e. The molecule has 8 aromatic rings. The van der Waals surface area contributed by atoms with Gasteiger partial charge in [-0.25, -0.2) is 0 Å². The summed E-state index contributed by atoms with van der Waals surface area (Å²) in [4.78, 5) is 6.37. The predicted octanol–water partition coefficient (Wildman–Crippen LogP) is 17.3. The quantitative estimate of drug-likeness (QED) is 0.164. The second kappa shape index (κ2) is 15.8. The smallest absolute Gasteiger partial charge is 0.252 e. The van der Waals surface area contributed by atoms with Gasteiger partial charge in [-0.1, -0.05) is 156 Å². The van der Waals surface area contributed by atoms with Crippen molar-refractivity contribution in [1.82, 2.24) is 0 Å². The Bertz CT molecular complexity index is 4900. The minimum Gasteiger partial charge on any atom is -0.461 e. The number of rotatable bonds is 4. The van der Waals surface area contributed by atoms with Gasteiger partial charge in [0.15, 0.2) is 0 Å². The number of fused-ring (bicyclic) bond motifs is 9. The molecule has 5 aliphatic rings. The Kier molecular flexibility index (Phi) is 6.74. The molecule has 5 heterocycles. The van der Waals surface area contributed by atoms with E-state index in [4.69, 9.17) is 8.53 Å². The molecule has 4 aliphatic heterocycles. The first-order valence-electron chi connectivity index (χ1n) is 36.5. The van der Waals surface area contributed by atoms with Gasteiger partial charge >= 0.3 is 0 Å². The van der Waals surface area contributed by atoms with Gasteiger partial charge < -0.3 is 24.0 Å². The van der Waals surface area contributed by atoms with E-state index < -0.39 is 106 Å². The van der Waals surface area contributed by atoms with E-state index >= 15 is 0 Å². The predicted molar refractivity (Wildman–Crippen MR) is 330 cm³/mol. The van der Waals surface area contributed by atoms with Crippen LogP contribution in [0.1, 0.15) is 182 Å². The first-order chi connectivity index (χ1) is 44.0. The highest BCUT2D eigenvalue weighted by Crippen LogP contribution is 2.59. The zero-order valence-electron chi connectivity index (χ0n) is 66.8. The van der Waals surface area contributed by atoms with Gasteiger partial charge in [0, 0.05) is 96.5 Å². The van der Waals surface area contributed by atoms with Crippen molar-refractivity contribution < 1.29 is 30.5 Å². The Balaban J connectivity index is 1.32. The van der Waals surface area contributed by atoms with Crippen molar-refractivity contribution in [1.29, 1.82) is 0 Å². The molecule has 0 saturated heterocycles. The first-order valence-corrected chi connectivity index (χ1v) is 27.0.